The van der Waals surface area contributed by atoms with Crippen LogP contribution in [0.4, 0.5) is 17.1 Å². The van der Waals surface area contributed by atoms with Gasteiger partial charge in [0.1, 0.15) is 0 Å². The Kier molecular flexibility index (Phi) is 5.62. The number of nitrogens with zero attached hydrogens (tertiary/aromatic N) is 2. The Labute approximate surface area is 180 Å². The predicted molar refractivity (Wildman–Crippen MR) is 125 cm³/mol. The van der Waals surface area contributed by atoms with Crippen LogP contribution in [-0.2, 0) is 0 Å². The number of aromatic nitrogens is 1. The van der Waals surface area contributed by atoms with E-state index in [1.807, 2.05) is 61.5 Å². The number of carbonyl (C=O) groups is 2. The summed E-state index contributed by atoms with van der Waals surface area (Å²) in [7, 11) is 3.89. The molecule has 31 heavy (non-hydrogen) atoms. The maximum Gasteiger partial charge on any atom is 0.255 e. The fourth-order valence-electron chi connectivity index (χ4n) is 3.22. The molecule has 0 saturated heterocycles. The summed E-state index contributed by atoms with van der Waals surface area (Å²) < 4.78 is 0. The van der Waals surface area contributed by atoms with Crippen molar-refractivity contribution >= 4 is 39.8 Å². The summed E-state index contributed by atoms with van der Waals surface area (Å²) in [6.07, 6.45) is 1.72. The summed E-state index contributed by atoms with van der Waals surface area (Å²) in [6.45, 7) is 0. The lowest BCUT2D eigenvalue weighted by Gasteiger charge is -2.14. The van der Waals surface area contributed by atoms with Crippen LogP contribution in [0.1, 0.15) is 20.7 Å². The van der Waals surface area contributed by atoms with Crippen LogP contribution in [0.25, 0.3) is 10.9 Å². The molecule has 1 aromatic heterocycles. The highest BCUT2D eigenvalue weighted by atomic mass is 16.2. The predicted octanol–water partition coefficient (Wildman–Crippen LogP) is 4.81. The van der Waals surface area contributed by atoms with Gasteiger partial charge in [-0.15, -0.1) is 0 Å². The third-order valence-electron chi connectivity index (χ3n) is 4.87. The average molecular weight is 410 g/mol. The van der Waals surface area contributed by atoms with E-state index >= 15 is 0 Å². The van der Waals surface area contributed by atoms with Crippen molar-refractivity contribution in [1.82, 2.24) is 4.98 Å². The lowest BCUT2D eigenvalue weighted by atomic mass is 10.1. The summed E-state index contributed by atoms with van der Waals surface area (Å²) >= 11 is 0. The molecular weight excluding hydrogens is 388 g/mol. The largest absolute Gasteiger partial charge is 0.378 e. The molecule has 0 aliphatic rings. The highest BCUT2D eigenvalue weighted by molar-refractivity contribution is 6.08. The monoisotopic (exact) mass is 410 g/mol. The molecule has 0 bridgehead atoms. The molecule has 6 heteroatoms. The van der Waals surface area contributed by atoms with E-state index in [1.54, 1.807) is 42.6 Å². The van der Waals surface area contributed by atoms with Crippen LogP contribution in [-0.4, -0.2) is 30.9 Å². The quantitative estimate of drug-likeness (QED) is 0.495. The van der Waals surface area contributed by atoms with Crippen molar-refractivity contribution in [1.29, 1.82) is 0 Å². The normalized spacial score (nSPS) is 10.5. The second kappa shape index (κ2) is 8.67. The third kappa shape index (κ3) is 4.70. The number of amides is 2. The second-order valence-corrected chi connectivity index (χ2v) is 7.34. The fourth-order valence-corrected chi connectivity index (χ4v) is 3.22. The van der Waals surface area contributed by atoms with Gasteiger partial charge >= 0.3 is 0 Å². The van der Waals surface area contributed by atoms with E-state index in [4.69, 9.17) is 0 Å². The Morgan fingerprint density at radius 1 is 0.742 bits per heavy atom. The first kappa shape index (κ1) is 20.1. The Bertz CT molecular complexity index is 1270. The molecule has 0 aliphatic carbocycles. The molecular formula is C25H22N4O2. The molecule has 0 atom stereocenters. The smallest absolute Gasteiger partial charge is 0.255 e. The van der Waals surface area contributed by atoms with Gasteiger partial charge < -0.3 is 15.5 Å². The van der Waals surface area contributed by atoms with Gasteiger partial charge in [0, 0.05) is 53.9 Å². The van der Waals surface area contributed by atoms with E-state index in [9.17, 15) is 9.59 Å². The van der Waals surface area contributed by atoms with E-state index in [-0.39, 0.29) is 11.8 Å². The molecule has 154 valence electrons. The van der Waals surface area contributed by atoms with Crippen molar-refractivity contribution < 1.29 is 9.59 Å². The van der Waals surface area contributed by atoms with Gasteiger partial charge in [0.25, 0.3) is 11.8 Å². The molecule has 0 radical (unpaired) electrons. The van der Waals surface area contributed by atoms with Crippen molar-refractivity contribution in [2.75, 3.05) is 29.6 Å². The Morgan fingerprint density at radius 3 is 2.16 bits per heavy atom. The molecule has 0 aliphatic heterocycles. The van der Waals surface area contributed by atoms with Gasteiger partial charge in [0.05, 0.1) is 5.52 Å². The third-order valence-corrected chi connectivity index (χ3v) is 4.87. The Hall–Kier alpha value is -4.19. The summed E-state index contributed by atoms with van der Waals surface area (Å²) in [6, 6.07) is 23.6. The van der Waals surface area contributed by atoms with Gasteiger partial charge in [-0.1, -0.05) is 18.2 Å². The van der Waals surface area contributed by atoms with Crippen molar-refractivity contribution in [3.05, 3.63) is 96.2 Å². The van der Waals surface area contributed by atoms with Crippen molar-refractivity contribution in [2.24, 2.45) is 0 Å². The number of hydrogen-bond donors (Lipinski definition) is 2. The summed E-state index contributed by atoms with van der Waals surface area (Å²) in [5.74, 6) is -0.495. The molecule has 6 nitrogen and oxygen atoms in total. The lowest BCUT2D eigenvalue weighted by molar-refractivity contribution is 0.101. The van der Waals surface area contributed by atoms with Gasteiger partial charge in [-0.25, -0.2) is 0 Å². The van der Waals surface area contributed by atoms with Crippen molar-refractivity contribution in [2.45, 2.75) is 0 Å². The first-order valence-electron chi connectivity index (χ1n) is 9.84. The molecule has 2 N–H and O–H groups in total. The van der Waals surface area contributed by atoms with Gasteiger partial charge in [0.2, 0.25) is 0 Å². The maximum absolute atomic E-state index is 12.7. The van der Waals surface area contributed by atoms with E-state index in [1.165, 1.54) is 0 Å². The number of fused-ring (bicyclic) bond motifs is 1. The van der Waals surface area contributed by atoms with E-state index in [0.717, 1.165) is 16.6 Å². The number of pyridine rings is 1. The molecule has 0 fully saturated rings. The molecule has 2 amide bonds. The van der Waals surface area contributed by atoms with Crippen LogP contribution in [0, 0.1) is 0 Å². The molecule has 1 heterocycles. The van der Waals surface area contributed by atoms with Gasteiger partial charge in [-0.3, -0.25) is 14.6 Å². The molecule has 4 aromatic rings. The number of nitrogens with one attached hydrogen (secondary N) is 2. The van der Waals surface area contributed by atoms with E-state index in [2.05, 4.69) is 15.6 Å². The zero-order chi connectivity index (χ0) is 21.8. The summed E-state index contributed by atoms with van der Waals surface area (Å²) in [5.41, 5.74) is 4.05. The standard InChI is InChI=1S/C25H22N4O2/c1-29(2)22-10-4-9-21(16-22)28-24(30)18-6-3-8-20(15-18)27-25(31)19-11-12-23-17(14-19)7-5-13-26-23/h3-16H,1-2H3,(H,27,31)(H,28,30). The van der Waals surface area contributed by atoms with E-state index < -0.39 is 0 Å². The average Bonchev–Trinajstić information content (AvgIpc) is 2.79. The van der Waals surface area contributed by atoms with Crippen LogP contribution >= 0.6 is 0 Å². The Morgan fingerprint density at radius 2 is 1.42 bits per heavy atom. The molecule has 3 aromatic carbocycles. The summed E-state index contributed by atoms with van der Waals surface area (Å²) in [4.78, 5) is 31.6. The first-order valence-corrected chi connectivity index (χ1v) is 9.84. The highest BCUT2D eigenvalue weighted by Gasteiger charge is 2.11. The summed E-state index contributed by atoms with van der Waals surface area (Å²) in [5, 5.41) is 6.65. The van der Waals surface area contributed by atoms with Crippen LogP contribution in [0.3, 0.4) is 0 Å². The number of hydrogen-bond acceptors (Lipinski definition) is 4. The van der Waals surface area contributed by atoms with Crippen LogP contribution in [0.2, 0.25) is 0 Å². The van der Waals surface area contributed by atoms with Crippen molar-refractivity contribution in [3.63, 3.8) is 0 Å². The topological polar surface area (TPSA) is 74.3 Å². The number of carbonyl (C=O) groups excluding carboxylic acids is 2. The van der Waals surface area contributed by atoms with Crippen LogP contribution in [0.5, 0.6) is 0 Å². The minimum atomic E-state index is -0.248. The SMILES string of the molecule is CN(C)c1cccc(NC(=O)c2cccc(NC(=O)c3ccc4ncccc4c3)c2)c1. The number of benzene rings is 3. The zero-order valence-corrected chi connectivity index (χ0v) is 17.3. The minimum Gasteiger partial charge on any atom is -0.378 e. The fraction of sp³-hybridized carbons (Fsp3) is 0.0800. The van der Waals surface area contributed by atoms with E-state index in [0.29, 0.717) is 22.5 Å². The van der Waals surface area contributed by atoms with Gasteiger partial charge in [-0.05, 0) is 60.7 Å². The number of rotatable bonds is 5. The van der Waals surface area contributed by atoms with Crippen molar-refractivity contribution in [3.8, 4) is 0 Å². The minimum absolute atomic E-state index is 0.246. The maximum atomic E-state index is 12.7. The molecule has 4 rings (SSSR count). The zero-order valence-electron chi connectivity index (χ0n) is 17.3. The molecule has 0 unspecified atom stereocenters. The Balaban J connectivity index is 1.49. The molecule has 0 saturated carbocycles. The highest BCUT2D eigenvalue weighted by Crippen LogP contribution is 2.20. The van der Waals surface area contributed by atoms with Crippen LogP contribution < -0.4 is 15.5 Å². The second-order valence-electron chi connectivity index (χ2n) is 7.34. The van der Waals surface area contributed by atoms with Gasteiger partial charge in [0.15, 0.2) is 0 Å². The van der Waals surface area contributed by atoms with Gasteiger partial charge in [-0.2, -0.15) is 0 Å². The van der Waals surface area contributed by atoms with Crippen LogP contribution in [0.15, 0.2) is 85.1 Å². The molecule has 0 spiro atoms. The number of anilines is 3. The lowest BCUT2D eigenvalue weighted by Crippen LogP contribution is -2.15. The first-order chi connectivity index (χ1) is 15.0.